The topological polar surface area (TPSA) is 67.2 Å². The van der Waals surface area contributed by atoms with E-state index in [1.807, 2.05) is 19.2 Å². The lowest BCUT2D eigenvalue weighted by Crippen LogP contribution is -2.31. The molecule has 1 atom stereocenters. The molecule has 0 saturated heterocycles. The SMILES string of the molecule is C[C@@H](C(=O)NCCn1cccn1)c1ccc(O)cc1. The van der Waals surface area contributed by atoms with Crippen LogP contribution in [0.1, 0.15) is 18.4 Å². The molecule has 1 amide bonds. The second-order valence-electron chi connectivity index (χ2n) is 4.37. The molecule has 0 radical (unpaired) electrons. The smallest absolute Gasteiger partial charge is 0.227 e. The Morgan fingerprint density at radius 3 is 2.79 bits per heavy atom. The summed E-state index contributed by atoms with van der Waals surface area (Å²) in [5, 5.41) is 16.1. The average molecular weight is 259 g/mol. The van der Waals surface area contributed by atoms with Crippen molar-refractivity contribution in [1.82, 2.24) is 15.1 Å². The molecule has 1 aromatic carbocycles. The quantitative estimate of drug-likeness (QED) is 0.855. The highest BCUT2D eigenvalue weighted by atomic mass is 16.3. The molecule has 0 unspecified atom stereocenters. The van der Waals surface area contributed by atoms with E-state index < -0.39 is 0 Å². The van der Waals surface area contributed by atoms with E-state index in [9.17, 15) is 9.90 Å². The molecule has 2 aromatic rings. The van der Waals surface area contributed by atoms with Crippen molar-refractivity contribution in [3.05, 3.63) is 48.3 Å². The molecule has 0 spiro atoms. The van der Waals surface area contributed by atoms with Gasteiger partial charge in [-0.3, -0.25) is 9.48 Å². The Morgan fingerprint density at radius 2 is 2.16 bits per heavy atom. The third kappa shape index (κ3) is 3.58. The Bertz CT molecular complexity index is 520. The first-order valence-electron chi connectivity index (χ1n) is 6.21. The third-order valence-electron chi connectivity index (χ3n) is 2.99. The first kappa shape index (κ1) is 13.1. The van der Waals surface area contributed by atoms with E-state index in [0.717, 1.165) is 5.56 Å². The average Bonchev–Trinajstić information content (AvgIpc) is 2.92. The maximum Gasteiger partial charge on any atom is 0.227 e. The van der Waals surface area contributed by atoms with Crippen molar-refractivity contribution in [1.29, 1.82) is 0 Å². The minimum absolute atomic E-state index is 0.0298. The summed E-state index contributed by atoms with van der Waals surface area (Å²) in [7, 11) is 0. The fourth-order valence-electron chi connectivity index (χ4n) is 1.79. The second-order valence-corrected chi connectivity index (χ2v) is 4.37. The van der Waals surface area contributed by atoms with Crippen LogP contribution in [0.25, 0.3) is 0 Å². The molecule has 0 fully saturated rings. The molecule has 19 heavy (non-hydrogen) atoms. The number of amides is 1. The zero-order valence-corrected chi connectivity index (χ0v) is 10.8. The number of rotatable bonds is 5. The van der Waals surface area contributed by atoms with Crippen LogP contribution in [0.3, 0.4) is 0 Å². The van der Waals surface area contributed by atoms with Crippen LogP contribution in [0.15, 0.2) is 42.7 Å². The molecule has 0 aliphatic carbocycles. The molecule has 100 valence electrons. The van der Waals surface area contributed by atoms with Gasteiger partial charge in [-0.05, 0) is 30.7 Å². The Morgan fingerprint density at radius 1 is 1.42 bits per heavy atom. The minimum atomic E-state index is -0.238. The first-order chi connectivity index (χ1) is 9.16. The van der Waals surface area contributed by atoms with Gasteiger partial charge < -0.3 is 10.4 Å². The number of benzene rings is 1. The molecular formula is C14H17N3O2. The number of hydrogen-bond donors (Lipinski definition) is 2. The number of phenolic OH excluding ortho intramolecular Hbond substituents is 1. The van der Waals surface area contributed by atoms with Gasteiger partial charge in [-0.2, -0.15) is 5.10 Å². The number of phenols is 1. The Kier molecular flexibility index (Phi) is 4.18. The molecule has 1 aromatic heterocycles. The Labute approximate surface area is 111 Å². The summed E-state index contributed by atoms with van der Waals surface area (Å²) in [6.07, 6.45) is 3.57. The predicted octanol–water partition coefficient (Wildman–Crippen LogP) is 1.51. The van der Waals surface area contributed by atoms with Gasteiger partial charge in [0.1, 0.15) is 5.75 Å². The summed E-state index contributed by atoms with van der Waals surface area (Å²) in [6.45, 7) is 3.04. The van der Waals surface area contributed by atoms with Crippen molar-refractivity contribution in [3.63, 3.8) is 0 Å². The van der Waals surface area contributed by atoms with Gasteiger partial charge in [0.2, 0.25) is 5.91 Å². The van der Waals surface area contributed by atoms with E-state index in [1.165, 1.54) is 0 Å². The van der Waals surface area contributed by atoms with Gasteiger partial charge in [-0.25, -0.2) is 0 Å². The predicted molar refractivity (Wildman–Crippen MR) is 71.8 cm³/mol. The molecule has 0 saturated carbocycles. The van der Waals surface area contributed by atoms with E-state index in [1.54, 1.807) is 35.1 Å². The van der Waals surface area contributed by atoms with Crippen LogP contribution < -0.4 is 5.32 Å². The normalized spacial score (nSPS) is 12.1. The highest BCUT2D eigenvalue weighted by Crippen LogP contribution is 2.18. The summed E-state index contributed by atoms with van der Waals surface area (Å²) in [4.78, 5) is 12.0. The molecule has 0 bridgehead atoms. The van der Waals surface area contributed by atoms with Gasteiger partial charge in [-0.1, -0.05) is 12.1 Å². The lowest BCUT2D eigenvalue weighted by atomic mass is 10.0. The Hall–Kier alpha value is -2.30. The first-order valence-corrected chi connectivity index (χ1v) is 6.21. The van der Waals surface area contributed by atoms with Crippen molar-refractivity contribution in [2.75, 3.05) is 6.54 Å². The van der Waals surface area contributed by atoms with Crippen molar-refractivity contribution in [2.45, 2.75) is 19.4 Å². The van der Waals surface area contributed by atoms with Gasteiger partial charge in [0, 0.05) is 18.9 Å². The van der Waals surface area contributed by atoms with Crippen molar-refractivity contribution < 1.29 is 9.90 Å². The zero-order chi connectivity index (χ0) is 13.7. The molecule has 0 aliphatic rings. The highest BCUT2D eigenvalue weighted by molar-refractivity contribution is 5.83. The van der Waals surface area contributed by atoms with Crippen molar-refractivity contribution in [2.24, 2.45) is 0 Å². The van der Waals surface area contributed by atoms with Gasteiger partial charge in [0.25, 0.3) is 0 Å². The standard InChI is InChI=1S/C14H17N3O2/c1-11(12-3-5-13(18)6-4-12)14(19)15-8-10-17-9-2-7-16-17/h2-7,9,11,18H,8,10H2,1H3,(H,15,19)/t11-/m1/s1. The number of carbonyl (C=O) groups excluding carboxylic acids is 1. The zero-order valence-electron chi connectivity index (χ0n) is 10.8. The molecule has 5 nitrogen and oxygen atoms in total. The molecule has 0 aliphatic heterocycles. The number of nitrogens with zero attached hydrogens (tertiary/aromatic N) is 2. The fraction of sp³-hybridized carbons (Fsp3) is 0.286. The monoisotopic (exact) mass is 259 g/mol. The number of hydrogen-bond acceptors (Lipinski definition) is 3. The number of aromatic hydroxyl groups is 1. The van der Waals surface area contributed by atoms with Crippen LogP contribution in [0.5, 0.6) is 5.75 Å². The van der Waals surface area contributed by atoms with E-state index >= 15 is 0 Å². The summed E-state index contributed by atoms with van der Waals surface area (Å²) in [6, 6.07) is 8.53. The fourth-order valence-corrected chi connectivity index (χ4v) is 1.79. The van der Waals surface area contributed by atoms with E-state index in [2.05, 4.69) is 10.4 Å². The molecule has 1 heterocycles. The van der Waals surface area contributed by atoms with Crippen LogP contribution in [0.2, 0.25) is 0 Å². The summed E-state index contributed by atoms with van der Waals surface area (Å²) in [5.41, 5.74) is 0.884. The van der Waals surface area contributed by atoms with Crippen molar-refractivity contribution in [3.8, 4) is 5.75 Å². The van der Waals surface area contributed by atoms with Gasteiger partial charge >= 0.3 is 0 Å². The van der Waals surface area contributed by atoms with Crippen LogP contribution in [-0.2, 0) is 11.3 Å². The minimum Gasteiger partial charge on any atom is -0.508 e. The highest BCUT2D eigenvalue weighted by Gasteiger charge is 2.14. The Balaban J connectivity index is 1.83. The van der Waals surface area contributed by atoms with E-state index in [-0.39, 0.29) is 17.6 Å². The summed E-state index contributed by atoms with van der Waals surface area (Å²) in [5.74, 6) is -0.0638. The lowest BCUT2D eigenvalue weighted by Gasteiger charge is -2.12. The number of nitrogens with one attached hydrogen (secondary N) is 1. The maximum absolute atomic E-state index is 12.0. The third-order valence-corrected chi connectivity index (χ3v) is 2.99. The van der Waals surface area contributed by atoms with Crippen LogP contribution in [0, 0.1) is 0 Å². The second kappa shape index (κ2) is 6.04. The largest absolute Gasteiger partial charge is 0.508 e. The van der Waals surface area contributed by atoms with Gasteiger partial charge in [-0.15, -0.1) is 0 Å². The van der Waals surface area contributed by atoms with Crippen LogP contribution in [0.4, 0.5) is 0 Å². The number of carbonyl (C=O) groups is 1. The van der Waals surface area contributed by atoms with Gasteiger partial charge in [0.15, 0.2) is 0 Å². The maximum atomic E-state index is 12.0. The number of aromatic nitrogens is 2. The van der Waals surface area contributed by atoms with E-state index in [4.69, 9.17) is 0 Å². The molecule has 2 N–H and O–H groups in total. The lowest BCUT2D eigenvalue weighted by molar-refractivity contribution is -0.122. The molecule has 2 rings (SSSR count). The van der Waals surface area contributed by atoms with E-state index in [0.29, 0.717) is 13.1 Å². The molecular weight excluding hydrogens is 242 g/mol. The van der Waals surface area contributed by atoms with Crippen LogP contribution >= 0.6 is 0 Å². The summed E-state index contributed by atoms with van der Waals surface area (Å²) >= 11 is 0. The summed E-state index contributed by atoms with van der Waals surface area (Å²) < 4.78 is 1.77. The van der Waals surface area contributed by atoms with Crippen LogP contribution in [-0.4, -0.2) is 27.3 Å². The van der Waals surface area contributed by atoms with Crippen molar-refractivity contribution >= 4 is 5.91 Å². The molecule has 5 heteroatoms. The van der Waals surface area contributed by atoms with Gasteiger partial charge in [0.05, 0.1) is 12.5 Å².